The van der Waals surface area contributed by atoms with Gasteiger partial charge >= 0.3 is 0 Å². The molecule has 4 N–H and O–H groups in total. The minimum Gasteiger partial charge on any atom is -0.367 e. The van der Waals surface area contributed by atoms with Crippen LogP contribution in [-0.4, -0.2) is 26.5 Å². The molecule has 0 bridgehead atoms. The van der Waals surface area contributed by atoms with Crippen LogP contribution < -0.4 is 11.1 Å². The number of nitrogens with zero attached hydrogens (tertiary/aromatic N) is 2. The van der Waals surface area contributed by atoms with Crippen molar-refractivity contribution in [3.05, 3.63) is 18.1 Å². The largest absolute Gasteiger partial charge is 0.367 e. The molecule has 2 heterocycles. The molecular weight excluding hydrogens is 250 g/mol. The predicted octanol–water partition coefficient (Wildman–Crippen LogP) is 2.58. The fourth-order valence-electron chi connectivity index (χ4n) is 3.06. The maximum atomic E-state index is 6.31. The zero-order valence-corrected chi connectivity index (χ0v) is 12.4. The van der Waals surface area contributed by atoms with Crippen molar-refractivity contribution in [2.45, 2.75) is 51.6 Å². The molecule has 0 saturated heterocycles. The van der Waals surface area contributed by atoms with E-state index >= 15 is 0 Å². The lowest BCUT2D eigenvalue weighted by atomic mass is 9.74. The highest BCUT2D eigenvalue weighted by molar-refractivity contribution is 5.87. The second-order valence-corrected chi connectivity index (χ2v) is 6.46. The van der Waals surface area contributed by atoms with Gasteiger partial charge in [-0.1, -0.05) is 6.92 Å². The van der Waals surface area contributed by atoms with Crippen LogP contribution in [0.5, 0.6) is 0 Å². The highest BCUT2D eigenvalue weighted by Gasteiger charge is 2.34. The molecule has 1 aliphatic rings. The van der Waals surface area contributed by atoms with Gasteiger partial charge in [-0.2, -0.15) is 0 Å². The van der Waals surface area contributed by atoms with Crippen LogP contribution in [0.3, 0.4) is 0 Å². The fraction of sp³-hybridized carbons (Fsp3) is 0.600. The Bertz CT molecular complexity index is 616. The monoisotopic (exact) mass is 273 g/mol. The number of nitrogens with two attached hydrogens (primary N) is 1. The summed E-state index contributed by atoms with van der Waals surface area (Å²) < 4.78 is 0. The van der Waals surface area contributed by atoms with Gasteiger partial charge in [0.2, 0.25) is 0 Å². The van der Waals surface area contributed by atoms with Gasteiger partial charge < -0.3 is 16.0 Å². The molecule has 2 aromatic rings. The zero-order chi connectivity index (χ0) is 14.3. The van der Waals surface area contributed by atoms with Crippen LogP contribution in [-0.2, 0) is 0 Å². The lowest BCUT2D eigenvalue weighted by molar-refractivity contribution is 0.214. The average molecular weight is 273 g/mol. The molecule has 5 nitrogen and oxygen atoms in total. The van der Waals surface area contributed by atoms with E-state index < -0.39 is 0 Å². The molecule has 0 aromatic carbocycles. The van der Waals surface area contributed by atoms with E-state index in [9.17, 15) is 0 Å². The van der Waals surface area contributed by atoms with E-state index in [1.165, 1.54) is 0 Å². The van der Waals surface area contributed by atoms with E-state index in [1.807, 2.05) is 6.92 Å². The lowest BCUT2D eigenvalue weighted by Gasteiger charge is -2.40. The highest BCUT2D eigenvalue weighted by atomic mass is 15.1. The maximum absolute atomic E-state index is 6.31. The molecule has 2 aromatic heterocycles. The van der Waals surface area contributed by atoms with Crippen molar-refractivity contribution in [3.63, 3.8) is 0 Å². The summed E-state index contributed by atoms with van der Waals surface area (Å²) in [5, 5.41) is 4.65. The van der Waals surface area contributed by atoms with Crippen LogP contribution >= 0.6 is 0 Å². The first kappa shape index (κ1) is 13.4. The van der Waals surface area contributed by atoms with Crippen molar-refractivity contribution < 1.29 is 0 Å². The van der Waals surface area contributed by atoms with Gasteiger partial charge in [0.15, 0.2) is 0 Å². The normalized spacial score (nSPS) is 30.6. The molecule has 5 heteroatoms. The number of H-pyrrole nitrogens is 1. The smallest absolute Gasteiger partial charge is 0.143 e. The molecule has 1 saturated carbocycles. The molecule has 1 fully saturated rings. The first-order valence-corrected chi connectivity index (χ1v) is 7.31. The average Bonchev–Trinajstić information content (AvgIpc) is 2.76. The Balaban J connectivity index is 1.80. The van der Waals surface area contributed by atoms with E-state index in [4.69, 9.17) is 5.73 Å². The lowest BCUT2D eigenvalue weighted by Crippen LogP contribution is -2.49. The number of rotatable bonds is 2. The molecule has 3 unspecified atom stereocenters. The second-order valence-electron chi connectivity index (χ2n) is 6.46. The Hall–Kier alpha value is -1.62. The molecule has 1 aliphatic carbocycles. The predicted molar refractivity (Wildman–Crippen MR) is 81.6 cm³/mol. The molecule has 0 radical (unpaired) electrons. The molecule has 3 atom stereocenters. The number of fused-ring (bicyclic) bond motifs is 1. The third kappa shape index (κ3) is 2.38. The standard InChI is InChI=1S/C15H23N5/c1-9-6-11(4-5-15(9,3)16)20-14-12-7-10(2)19-13(12)17-8-18-14/h7-9,11H,4-6,16H2,1-3H3,(H2,17,18,19,20). The molecular formula is C15H23N5. The van der Waals surface area contributed by atoms with Crippen molar-refractivity contribution >= 4 is 16.9 Å². The molecule has 0 aliphatic heterocycles. The minimum absolute atomic E-state index is 0.0379. The quantitative estimate of drug-likeness (QED) is 0.785. The third-order valence-corrected chi connectivity index (χ3v) is 4.70. The number of aromatic amines is 1. The fourth-order valence-corrected chi connectivity index (χ4v) is 3.06. The van der Waals surface area contributed by atoms with E-state index in [1.54, 1.807) is 6.33 Å². The highest BCUT2D eigenvalue weighted by Crippen LogP contribution is 2.33. The second kappa shape index (κ2) is 4.74. The summed E-state index contributed by atoms with van der Waals surface area (Å²) in [4.78, 5) is 11.9. The van der Waals surface area contributed by atoms with Crippen molar-refractivity contribution in [1.29, 1.82) is 0 Å². The zero-order valence-electron chi connectivity index (χ0n) is 12.4. The molecule has 0 spiro atoms. The summed E-state index contributed by atoms with van der Waals surface area (Å²) in [7, 11) is 0. The van der Waals surface area contributed by atoms with E-state index in [-0.39, 0.29) is 5.54 Å². The summed E-state index contributed by atoms with van der Waals surface area (Å²) in [6.07, 6.45) is 4.83. The van der Waals surface area contributed by atoms with Gasteiger partial charge in [-0.3, -0.25) is 0 Å². The Morgan fingerprint density at radius 1 is 1.45 bits per heavy atom. The Kier molecular flexibility index (Phi) is 3.17. The number of hydrogen-bond donors (Lipinski definition) is 3. The third-order valence-electron chi connectivity index (χ3n) is 4.70. The van der Waals surface area contributed by atoms with Crippen molar-refractivity contribution in [3.8, 4) is 0 Å². The van der Waals surface area contributed by atoms with Gasteiger partial charge in [0.1, 0.15) is 17.8 Å². The topological polar surface area (TPSA) is 79.6 Å². The molecule has 0 amide bonds. The Labute approximate surface area is 119 Å². The van der Waals surface area contributed by atoms with Crippen LogP contribution in [0.25, 0.3) is 11.0 Å². The van der Waals surface area contributed by atoms with Crippen LogP contribution in [0.4, 0.5) is 5.82 Å². The van der Waals surface area contributed by atoms with Gasteiger partial charge in [0.25, 0.3) is 0 Å². The van der Waals surface area contributed by atoms with Crippen LogP contribution in [0.1, 0.15) is 38.8 Å². The summed E-state index contributed by atoms with van der Waals surface area (Å²) in [6.45, 7) is 6.43. The van der Waals surface area contributed by atoms with Crippen LogP contribution in [0.15, 0.2) is 12.4 Å². The van der Waals surface area contributed by atoms with Gasteiger partial charge in [-0.25, -0.2) is 9.97 Å². The van der Waals surface area contributed by atoms with Gasteiger partial charge in [0, 0.05) is 17.3 Å². The summed E-state index contributed by atoms with van der Waals surface area (Å²) in [5.74, 6) is 1.44. The van der Waals surface area contributed by atoms with Crippen molar-refractivity contribution in [1.82, 2.24) is 15.0 Å². The summed E-state index contributed by atoms with van der Waals surface area (Å²) in [5.41, 5.74) is 8.28. The number of anilines is 1. The number of nitrogens with one attached hydrogen (secondary N) is 2. The van der Waals surface area contributed by atoms with Crippen LogP contribution in [0.2, 0.25) is 0 Å². The van der Waals surface area contributed by atoms with Crippen molar-refractivity contribution in [2.75, 3.05) is 5.32 Å². The number of hydrogen-bond acceptors (Lipinski definition) is 4. The van der Waals surface area contributed by atoms with Crippen molar-refractivity contribution in [2.24, 2.45) is 11.7 Å². The van der Waals surface area contributed by atoms with E-state index in [0.29, 0.717) is 12.0 Å². The minimum atomic E-state index is -0.0379. The molecule has 20 heavy (non-hydrogen) atoms. The first-order chi connectivity index (χ1) is 9.45. The number of aryl methyl sites for hydroxylation is 1. The van der Waals surface area contributed by atoms with Gasteiger partial charge in [-0.15, -0.1) is 0 Å². The maximum Gasteiger partial charge on any atom is 0.143 e. The molecule has 108 valence electrons. The SMILES string of the molecule is Cc1cc2c(NC3CCC(C)(N)C(C)C3)ncnc2[nH]1. The number of aromatic nitrogens is 3. The van der Waals surface area contributed by atoms with Gasteiger partial charge in [-0.05, 0) is 45.1 Å². The van der Waals surface area contributed by atoms with E-state index in [0.717, 1.165) is 41.8 Å². The Morgan fingerprint density at radius 2 is 2.25 bits per heavy atom. The van der Waals surface area contributed by atoms with Crippen LogP contribution in [0, 0.1) is 12.8 Å². The van der Waals surface area contributed by atoms with E-state index in [2.05, 4.69) is 40.2 Å². The Morgan fingerprint density at radius 3 is 3.00 bits per heavy atom. The first-order valence-electron chi connectivity index (χ1n) is 7.31. The summed E-state index contributed by atoms with van der Waals surface area (Å²) >= 11 is 0. The van der Waals surface area contributed by atoms with Gasteiger partial charge in [0.05, 0.1) is 5.39 Å². The molecule has 3 rings (SSSR count). The summed E-state index contributed by atoms with van der Waals surface area (Å²) in [6, 6.07) is 2.53.